The standard InChI is InChI=1S/C9H13N3/c10-5-9-7-12(9)6-8-3-1-2-4-11-8/h1-4,9H,5-7,10H2. The van der Waals surface area contributed by atoms with Crippen LogP contribution in [-0.2, 0) is 6.54 Å². The molecule has 0 bridgehead atoms. The van der Waals surface area contributed by atoms with Crippen LogP contribution in [0.25, 0.3) is 0 Å². The van der Waals surface area contributed by atoms with E-state index in [1.165, 1.54) is 0 Å². The second kappa shape index (κ2) is 3.21. The van der Waals surface area contributed by atoms with E-state index in [2.05, 4.69) is 9.88 Å². The van der Waals surface area contributed by atoms with Crippen molar-refractivity contribution in [2.75, 3.05) is 13.1 Å². The molecule has 2 N–H and O–H groups in total. The molecule has 0 saturated carbocycles. The molecule has 2 heterocycles. The lowest BCUT2D eigenvalue weighted by Gasteiger charge is -2.00. The third-order valence-electron chi connectivity index (χ3n) is 2.19. The molecule has 12 heavy (non-hydrogen) atoms. The fraction of sp³-hybridized carbons (Fsp3) is 0.444. The zero-order valence-corrected chi connectivity index (χ0v) is 6.98. The first kappa shape index (κ1) is 7.71. The van der Waals surface area contributed by atoms with E-state index in [9.17, 15) is 0 Å². The van der Waals surface area contributed by atoms with Crippen LogP contribution in [0, 0.1) is 0 Å². The zero-order valence-electron chi connectivity index (χ0n) is 6.98. The summed E-state index contributed by atoms with van der Waals surface area (Å²) in [5.74, 6) is 0. The van der Waals surface area contributed by atoms with Crippen molar-refractivity contribution in [3.05, 3.63) is 30.1 Å². The number of nitrogens with two attached hydrogens (primary N) is 1. The maximum Gasteiger partial charge on any atom is 0.0544 e. The van der Waals surface area contributed by atoms with Crippen molar-refractivity contribution >= 4 is 0 Å². The Kier molecular flexibility index (Phi) is 2.06. The highest BCUT2D eigenvalue weighted by Crippen LogP contribution is 2.18. The van der Waals surface area contributed by atoms with E-state index in [4.69, 9.17) is 5.73 Å². The molecule has 1 fully saturated rings. The first-order valence-electron chi connectivity index (χ1n) is 4.24. The second-order valence-electron chi connectivity index (χ2n) is 3.14. The summed E-state index contributed by atoms with van der Waals surface area (Å²) in [5.41, 5.74) is 6.65. The largest absolute Gasteiger partial charge is 0.329 e. The first-order valence-corrected chi connectivity index (χ1v) is 4.24. The average Bonchev–Trinajstić information content (AvgIpc) is 2.85. The van der Waals surface area contributed by atoms with Crippen LogP contribution in [0.15, 0.2) is 24.4 Å². The summed E-state index contributed by atoms with van der Waals surface area (Å²) in [6.07, 6.45) is 1.83. The summed E-state index contributed by atoms with van der Waals surface area (Å²) in [6, 6.07) is 6.61. The zero-order chi connectivity index (χ0) is 8.39. The van der Waals surface area contributed by atoms with Crippen LogP contribution in [0.5, 0.6) is 0 Å². The lowest BCUT2D eigenvalue weighted by atomic mass is 10.3. The SMILES string of the molecule is NCC1CN1Cc1ccccn1. The fourth-order valence-corrected chi connectivity index (χ4v) is 1.34. The van der Waals surface area contributed by atoms with Gasteiger partial charge in [0.1, 0.15) is 0 Å². The first-order chi connectivity index (χ1) is 5.90. The van der Waals surface area contributed by atoms with E-state index in [1.54, 1.807) is 0 Å². The summed E-state index contributed by atoms with van der Waals surface area (Å²) in [7, 11) is 0. The number of rotatable bonds is 3. The van der Waals surface area contributed by atoms with E-state index in [0.717, 1.165) is 25.3 Å². The fourth-order valence-electron chi connectivity index (χ4n) is 1.34. The van der Waals surface area contributed by atoms with Crippen LogP contribution >= 0.6 is 0 Å². The summed E-state index contributed by atoms with van der Waals surface area (Å²) in [5, 5.41) is 0. The molecule has 1 aromatic heterocycles. The Labute approximate surface area is 72.2 Å². The van der Waals surface area contributed by atoms with Crippen molar-refractivity contribution in [2.24, 2.45) is 5.73 Å². The van der Waals surface area contributed by atoms with Crippen molar-refractivity contribution in [1.29, 1.82) is 0 Å². The number of aromatic nitrogens is 1. The molecule has 64 valence electrons. The average molecular weight is 163 g/mol. The van der Waals surface area contributed by atoms with Crippen LogP contribution < -0.4 is 5.73 Å². The number of hydrogen-bond acceptors (Lipinski definition) is 3. The number of pyridine rings is 1. The van der Waals surface area contributed by atoms with Gasteiger partial charge in [-0.3, -0.25) is 9.88 Å². The predicted octanol–water partition coefficient (Wildman–Crippen LogP) is 0.224. The summed E-state index contributed by atoms with van der Waals surface area (Å²) in [4.78, 5) is 6.57. The Balaban J connectivity index is 1.89. The van der Waals surface area contributed by atoms with E-state index < -0.39 is 0 Å². The predicted molar refractivity (Wildman–Crippen MR) is 47.5 cm³/mol. The molecular formula is C9H13N3. The molecule has 0 radical (unpaired) electrons. The Hall–Kier alpha value is -0.930. The van der Waals surface area contributed by atoms with E-state index in [1.807, 2.05) is 24.4 Å². The van der Waals surface area contributed by atoms with Gasteiger partial charge in [-0.05, 0) is 12.1 Å². The third-order valence-corrected chi connectivity index (χ3v) is 2.19. The number of hydrogen-bond donors (Lipinski definition) is 1. The highest BCUT2D eigenvalue weighted by Gasteiger charge is 2.31. The van der Waals surface area contributed by atoms with Gasteiger partial charge in [-0.1, -0.05) is 6.07 Å². The Morgan fingerprint density at radius 2 is 2.50 bits per heavy atom. The van der Waals surface area contributed by atoms with Gasteiger partial charge in [-0.25, -0.2) is 0 Å². The van der Waals surface area contributed by atoms with Gasteiger partial charge in [0.05, 0.1) is 5.69 Å². The Morgan fingerprint density at radius 3 is 3.08 bits per heavy atom. The molecule has 2 rings (SSSR count). The summed E-state index contributed by atoms with van der Waals surface area (Å²) >= 11 is 0. The van der Waals surface area contributed by atoms with Crippen LogP contribution in [-0.4, -0.2) is 29.0 Å². The van der Waals surface area contributed by atoms with Crippen molar-refractivity contribution in [3.63, 3.8) is 0 Å². The maximum atomic E-state index is 5.52. The molecule has 0 aliphatic carbocycles. The molecule has 1 saturated heterocycles. The minimum Gasteiger partial charge on any atom is -0.329 e. The molecule has 2 atom stereocenters. The highest BCUT2D eigenvalue weighted by molar-refractivity contribution is 5.06. The second-order valence-corrected chi connectivity index (χ2v) is 3.14. The summed E-state index contributed by atoms with van der Waals surface area (Å²) in [6.45, 7) is 2.85. The lowest BCUT2D eigenvalue weighted by Crippen LogP contribution is -2.12. The lowest BCUT2D eigenvalue weighted by molar-refractivity contribution is 0.496. The normalized spacial score (nSPS) is 27.1. The van der Waals surface area contributed by atoms with Crippen molar-refractivity contribution in [1.82, 2.24) is 9.88 Å². The topological polar surface area (TPSA) is 41.9 Å². The van der Waals surface area contributed by atoms with Gasteiger partial charge >= 0.3 is 0 Å². The van der Waals surface area contributed by atoms with Crippen molar-refractivity contribution in [2.45, 2.75) is 12.6 Å². The van der Waals surface area contributed by atoms with Crippen LogP contribution in [0.4, 0.5) is 0 Å². The van der Waals surface area contributed by atoms with Gasteiger partial charge in [0.25, 0.3) is 0 Å². The van der Waals surface area contributed by atoms with Crippen LogP contribution in [0.3, 0.4) is 0 Å². The van der Waals surface area contributed by atoms with E-state index in [-0.39, 0.29) is 0 Å². The highest BCUT2D eigenvalue weighted by atomic mass is 15.3. The molecule has 3 nitrogen and oxygen atoms in total. The molecule has 1 aliphatic heterocycles. The molecule has 3 heteroatoms. The van der Waals surface area contributed by atoms with Gasteiger partial charge in [0, 0.05) is 31.9 Å². The van der Waals surface area contributed by atoms with Gasteiger partial charge < -0.3 is 5.73 Å². The maximum absolute atomic E-state index is 5.52. The molecule has 0 aromatic carbocycles. The minimum absolute atomic E-state index is 0.604. The van der Waals surface area contributed by atoms with Crippen molar-refractivity contribution in [3.8, 4) is 0 Å². The van der Waals surface area contributed by atoms with Gasteiger partial charge in [-0.15, -0.1) is 0 Å². The van der Waals surface area contributed by atoms with Crippen LogP contribution in [0.1, 0.15) is 5.69 Å². The van der Waals surface area contributed by atoms with Crippen molar-refractivity contribution < 1.29 is 0 Å². The Bertz CT molecular complexity index is 247. The van der Waals surface area contributed by atoms with Crippen LogP contribution in [0.2, 0.25) is 0 Å². The molecule has 0 spiro atoms. The van der Waals surface area contributed by atoms with Gasteiger partial charge in [0.15, 0.2) is 0 Å². The summed E-state index contributed by atoms with van der Waals surface area (Å²) < 4.78 is 0. The number of nitrogens with zero attached hydrogens (tertiary/aromatic N) is 2. The molecular weight excluding hydrogens is 150 g/mol. The molecule has 1 aromatic rings. The van der Waals surface area contributed by atoms with E-state index >= 15 is 0 Å². The van der Waals surface area contributed by atoms with E-state index in [0.29, 0.717) is 6.04 Å². The molecule has 2 unspecified atom stereocenters. The molecule has 0 amide bonds. The Morgan fingerprint density at radius 1 is 1.58 bits per heavy atom. The smallest absolute Gasteiger partial charge is 0.0544 e. The quantitative estimate of drug-likeness (QED) is 0.648. The molecule has 1 aliphatic rings. The monoisotopic (exact) mass is 163 g/mol. The van der Waals surface area contributed by atoms with Gasteiger partial charge in [-0.2, -0.15) is 0 Å². The third kappa shape index (κ3) is 1.62. The minimum atomic E-state index is 0.604. The van der Waals surface area contributed by atoms with Gasteiger partial charge in [0.2, 0.25) is 0 Å².